The van der Waals surface area contributed by atoms with Crippen LogP contribution in [0.15, 0.2) is 36.5 Å². The topological polar surface area (TPSA) is 33.1 Å². The maximum atomic E-state index is 9.89. The van der Waals surface area contributed by atoms with Gasteiger partial charge in [-0.15, -0.1) is 0 Å². The Balaban J connectivity index is 2.47. The largest absolute Gasteiger partial charge is 0.387 e. The van der Waals surface area contributed by atoms with Crippen molar-refractivity contribution in [3.8, 4) is 0 Å². The van der Waals surface area contributed by atoms with Crippen LogP contribution in [0.3, 0.4) is 0 Å². The van der Waals surface area contributed by atoms with Crippen LogP contribution in [0.2, 0.25) is 0 Å². The number of benzene rings is 1. The molecule has 2 rings (SSSR count). The number of aromatic nitrogens is 1. The maximum Gasteiger partial charge on any atom is 0.0982 e. The molecule has 0 fully saturated rings. The summed E-state index contributed by atoms with van der Waals surface area (Å²) in [6.07, 6.45) is 1.34. The fourth-order valence-corrected chi connectivity index (χ4v) is 1.60. The van der Waals surface area contributed by atoms with E-state index in [9.17, 15) is 5.11 Å². The van der Waals surface area contributed by atoms with Gasteiger partial charge >= 0.3 is 0 Å². The summed E-state index contributed by atoms with van der Waals surface area (Å²) in [5, 5.41) is 12.1. The van der Waals surface area contributed by atoms with Crippen molar-refractivity contribution in [3.63, 3.8) is 0 Å². The summed E-state index contributed by atoms with van der Waals surface area (Å²) in [6.45, 7) is 3.98. The summed E-state index contributed by atoms with van der Waals surface area (Å²) < 4.78 is 0. The molecule has 1 atom stereocenters. The van der Waals surface area contributed by atoms with Gasteiger partial charge in [0.05, 0.1) is 11.8 Å². The highest BCUT2D eigenvalue weighted by Crippen LogP contribution is 2.22. The molecule has 0 saturated heterocycles. The van der Waals surface area contributed by atoms with Gasteiger partial charge in [-0.3, -0.25) is 4.98 Å². The molecule has 15 heavy (non-hydrogen) atoms. The van der Waals surface area contributed by atoms with Crippen LogP contribution in [0.25, 0.3) is 10.8 Å². The molecule has 1 unspecified atom stereocenters. The van der Waals surface area contributed by atoms with E-state index in [0.29, 0.717) is 0 Å². The molecule has 0 aliphatic carbocycles. The van der Waals surface area contributed by atoms with Crippen LogP contribution in [0, 0.1) is 5.92 Å². The van der Waals surface area contributed by atoms with Gasteiger partial charge in [0.2, 0.25) is 0 Å². The lowest BCUT2D eigenvalue weighted by Crippen LogP contribution is -2.07. The van der Waals surface area contributed by atoms with Gasteiger partial charge < -0.3 is 5.11 Å². The van der Waals surface area contributed by atoms with Crippen LogP contribution < -0.4 is 0 Å². The van der Waals surface area contributed by atoms with E-state index in [-0.39, 0.29) is 5.92 Å². The van der Waals surface area contributed by atoms with Crippen molar-refractivity contribution in [2.24, 2.45) is 5.92 Å². The van der Waals surface area contributed by atoms with Crippen molar-refractivity contribution in [1.29, 1.82) is 0 Å². The van der Waals surface area contributed by atoms with Crippen molar-refractivity contribution in [3.05, 3.63) is 42.2 Å². The maximum absolute atomic E-state index is 9.89. The number of hydrogen-bond acceptors (Lipinski definition) is 2. The SMILES string of the molecule is CC(C)C(O)c1cc2ccccc2cn1. The zero-order valence-corrected chi connectivity index (χ0v) is 9.01. The van der Waals surface area contributed by atoms with Crippen molar-refractivity contribution in [2.75, 3.05) is 0 Å². The molecule has 0 saturated carbocycles. The Morgan fingerprint density at radius 1 is 1.13 bits per heavy atom. The molecule has 0 spiro atoms. The Bertz CT molecular complexity index is 465. The Hall–Kier alpha value is -1.41. The summed E-state index contributed by atoms with van der Waals surface area (Å²) in [5.41, 5.74) is 0.753. The van der Waals surface area contributed by atoms with Crippen LogP contribution in [0.5, 0.6) is 0 Å². The van der Waals surface area contributed by atoms with Gasteiger partial charge in [-0.05, 0) is 17.4 Å². The molecule has 1 aromatic heterocycles. The second-order valence-electron chi connectivity index (χ2n) is 4.15. The van der Waals surface area contributed by atoms with Crippen LogP contribution in [0.4, 0.5) is 0 Å². The van der Waals surface area contributed by atoms with Gasteiger partial charge in [-0.1, -0.05) is 38.1 Å². The highest BCUT2D eigenvalue weighted by atomic mass is 16.3. The molecule has 1 heterocycles. The quantitative estimate of drug-likeness (QED) is 0.810. The Morgan fingerprint density at radius 3 is 2.47 bits per heavy atom. The highest BCUT2D eigenvalue weighted by molar-refractivity contribution is 5.81. The van der Waals surface area contributed by atoms with Crippen molar-refractivity contribution < 1.29 is 5.11 Å². The van der Waals surface area contributed by atoms with E-state index in [1.54, 1.807) is 0 Å². The lowest BCUT2D eigenvalue weighted by Gasteiger charge is -2.13. The summed E-state index contributed by atoms with van der Waals surface area (Å²) in [5.74, 6) is 0.193. The average Bonchev–Trinajstić information content (AvgIpc) is 2.27. The molecule has 0 radical (unpaired) electrons. The predicted molar refractivity (Wildman–Crippen MR) is 61.5 cm³/mol. The minimum Gasteiger partial charge on any atom is -0.387 e. The molecule has 78 valence electrons. The smallest absolute Gasteiger partial charge is 0.0982 e. The molecule has 0 bridgehead atoms. The third-order valence-corrected chi connectivity index (χ3v) is 2.59. The van der Waals surface area contributed by atoms with Crippen LogP contribution in [-0.2, 0) is 0 Å². The third kappa shape index (κ3) is 2.00. The van der Waals surface area contributed by atoms with Crippen LogP contribution >= 0.6 is 0 Å². The molecule has 1 aromatic carbocycles. The second kappa shape index (κ2) is 3.99. The van der Waals surface area contributed by atoms with Gasteiger partial charge in [-0.25, -0.2) is 0 Å². The minimum atomic E-state index is -0.477. The number of rotatable bonds is 2. The summed E-state index contributed by atoms with van der Waals surface area (Å²) >= 11 is 0. The second-order valence-corrected chi connectivity index (χ2v) is 4.15. The van der Waals surface area contributed by atoms with Crippen molar-refractivity contribution in [1.82, 2.24) is 4.98 Å². The van der Waals surface area contributed by atoms with Gasteiger partial charge in [0.1, 0.15) is 0 Å². The van der Waals surface area contributed by atoms with Gasteiger partial charge in [0.25, 0.3) is 0 Å². The number of hydrogen-bond donors (Lipinski definition) is 1. The molecule has 2 nitrogen and oxygen atoms in total. The minimum absolute atomic E-state index is 0.193. The van der Waals surface area contributed by atoms with Crippen LogP contribution in [-0.4, -0.2) is 10.1 Å². The van der Waals surface area contributed by atoms with E-state index in [2.05, 4.69) is 4.98 Å². The van der Waals surface area contributed by atoms with Gasteiger partial charge in [-0.2, -0.15) is 0 Å². The molecule has 2 heteroatoms. The average molecular weight is 201 g/mol. The van der Waals surface area contributed by atoms with Crippen molar-refractivity contribution in [2.45, 2.75) is 20.0 Å². The lowest BCUT2D eigenvalue weighted by atomic mass is 10.0. The third-order valence-electron chi connectivity index (χ3n) is 2.59. The zero-order valence-electron chi connectivity index (χ0n) is 9.01. The highest BCUT2D eigenvalue weighted by Gasteiger charge is 2.13. The zero-order chi connectivity index (χ0) is 10.8. The molecule has 0 amide bonds. The number of pyridine rings is 1. The van der Waals surface area contributed by atoms with E-state index in [1.165, 1.54) is 0 Å². The predicted octanol–water partition coefficient (Wildman–Crippen LogP) is 2.92. The number of aliphatic hydroxyl groups is 1. The van der Waals surface area contributed by atoms with Crippen LogP contribution in [0.1, 0.15) is 25.6 Å². The summed E-state index contributed by atoms with van der Waals surface area (Å²) in [7, 11) is 0. The normalized spacial score (nSPS) is 13.3. The first-order valence-electron chi connectivity index (χ1n) is 5.21. The van der Waals surface area contributed by atoms with Gasteiger partial charge in [0, 0.05) is 11.6 Å². The van der Waals surface area contributed by atoms with E-state index in [4.69, 9.17) is 0 Å². The Morgan fingerprint density at radius 2 is 1.80 bits per heavy atom. The molecule has 1 N–H and O–H groups in total. The fourth-order valence-electron chi connectivity index (χ4n) is 1.60. The van der Waals surface area contributed by atoms with Gasteiger partial charge in [0.15, 0.2) is 0 Å². The monoisotopic (exact) mass is 201 g/mol. The standard InChI is InChI=1S/C13H15NO/c1-9(2)13(15)12-7-10-5-3-4-6-11(10)8-14-12/h3-9,13,15H,1-2H3. The first-order valence-corrected chi connectivity index (χ1v) is 5.21. The lowest BCUT2D eigenvalue weighted by molar-refractivity contribution is 0.122. The molecular formula is C13H15NO. The Labute approximate surface area is 89.6 Å². The summed E-state index contributed by atoms with van der Waals surface area (Å²) in [6, 6.07) is 10.00. The van der Waals surface area contributed by atoms with E-state index >= 15 is 0 Å². The number of nitrogens with zero attached hydrogens (tertiary/aromatic N) is 1. The summed E-state index contributed by atoms with van der Waals surface area (Å²) in [4.78, 5) is 4.28. The molecule has 2 aromatic rings. The van der Waals surface area contributed by atoms with E-state index < -0.39 is 6.10 Å². The molecular weight excluding hydrogens is 186 g/mol. The van der Waals surface area contributed by atoms with E-state index in [1.807, 2.05) is 50.4 Å². The number of fused-ring (bicyclic) bond motifs is 1. The fraction of sp³-hybridized carbons (Fsp3) is 0.308. The van der Waals surface area contributed by atoms with Crippen molar-refractivity contribution >= 4 is 10.8 Å². The molecule has 0 aliphatic rings. The first-order chi connectivity index (χ1) is 7.18. The Kier molecular flexibility index (Phi) is 2.69. The van der Waals surface area contributed by atoms with E-state index in [0.717, 1.165) is 16.5 Å². The number of aliphatic hydroxyl groups excluding tert-OH is 1. The molecule has 0 aliphatic heterocycles. The first kappa shape index (κ1) is 10.1.